The Morgan fingerprint density at radius 2 is 2.13 bits per heavy atom. The molecular weight excluding hydrogens is 514 g/mol. The molecule has 1 unspecified atom stereocenters. The summed E-state index contributed by atoms with van der Waals surface area (Å²) in [5.74, 6) is 0.376. The fraction of sp³-hybridized carbons (Fsp3) is 0.474. The van der Waals surface area contributed by atoms with Crippen LogP contribution < -0.4 is 10.1 Å². The van der Waals surface area contributed by atoms with E-state index in [0.717, 1.165) is 5.56 Å². The van der Waals surface area contributed by atoms with Crippen molar-refractivity contribution in [1.82, 2.24) is 20.0 Å². The second kappa shape index (κ2) is 10.8. The Bertz CT molecular complexity index is 844. The van der Waals surface area contributed by atoms with Crippen molar-refractivity contribution < 1.29 is 22.6 Å². The number of guanidine groups is 1. The van der Waals surface area contributed by atoms with Gasteiger partial charge in [-0.2, -0.15) is 5.10 Å². The zero-order valence-corrected chi connectivity index (χ0v) is 19.1. The normalized spacial score (nSPS) is 17.4. The van der Waals surface area contributed by atoms with Crippen LogP contribution in [0.2, 0.25) is 0 Å². The van der Waals surface area contributed by atoms with E-state index in [1.54, 1.807) is 23.0 Å². The van der Waals surface area contributed by atoms with Crippen molar-refractivity contribution in [3.05, 3.63) is 47.8 Å². The molecule has 2 heterocycles. The number of aryl methyl sites for hydroxylation is 1. The maximum Gasteiger partial charge on any atom is 0.573 e. The van der Waals surface area contributed by atoms with Crippen molar-refractivity contribution in [2.75, 3.05) is 26.2 Å². The summed E-state index contributed by atoms with van der Waals surface area (Å²) in [7, 11) is 1.84. The molecule has 0 bridgehead atoms. The molecule has 0 radical (unpaired) electrons. The molecule has 2 aromatic rings. The van der Waals surface area contributed by atoms with Gasteiger partial charge in [-0.15, -0.1) is 37.1 Å². The second-order valence-corrected chi connectivity index (χ2v) is 6.58. The first-order valence-corrected chi connectivity index (χ1v) is 9.32. The van der Waals surface area contributed by atoms with E-state index in [4.69, 9.17) is 4.74 Å². The van der Waals surface area contributed by atoms with Gasteiger partial charge >= 0.3 is 6.36 Å². The number of benzene rings is 1. The minimum absolute atomic E-state index is 0. The molecule has 166 valence electrons. The zero-order valence-electron chi connectivity index (χ0n) is 16.7. The molecule has 11 heteroatoms. The number of aromatic nitrogens is 2. The van der Waals surface area contributed by atoms with E-state index in [-0.39, 0.29) is 42.4 Å². The highest BCUT2D eigenvalue weighted by atomic mass is 127. The van der Waals surface area contributed by atoms with Crippen molar-refractivity contribution in [2.24, 2.45) is 12.0 Å². The quantitative estimate of drug-likeness (QED) is 0.359. The number of morpholine rings is 1. The monoisotopic (exact) mass is 539 g/mol. The minimum atomic E-state index is -4.74. The first kappa shape index (κ1) is 24.3. The number of alkyl halides is 3. The smallest absolute Gasteiger partial charge is 0.405 e. The molecule has 1 aliphatic heterocycles. The molecule has 30 heavy (non-hydrogen) atoms. The van der Waals surface area contributed by atoms with Crippen LogP contribution in [0.3, 0.4) is 0 Å². The Labute approximate surface area is 190 Å². The third-order valence-corrected chi connectivity index (χ3v) is 4.39. The number of halogens is 4. The fourth-order valence-corrected chi connectivity index (χ4v) is 3.09. The van der Waals surface area contributed by atoms with Crippen LogP contribution >= 0.6 is 24.0 Å². The summed E-state index contributed by atoms with van der Waals surface area (Å²) in [6.45, 7) is 4.34. The number of nitrogens with one attached hydrogen (secondary N) is 1. The van der Waals surface area contributed by atoms with Crippen LogP contribution in [0.5, 0.6) is 5.75 Å². The Balaban J connectivity index is 0.00000320. The van der Waals surface area contributed by atoms with Gasteiger partial charge in [0.1, 0.15) is 11.9 Å². The van der Waals surface area contributed by atoms with E-state index in [1.165, 1.54) is 12.1 Å². The molecule has 1 N–H and O–H groups in total. The van der Waals surface area contributed by atoms with E-state index in [2.05, 4.69) is 20.1 Å². The molecule has 0 aliphatic carbocycles. The Hall–Kier alpha value is -2.02. The summed E-state index contributed by atoms with van der Waals surface area (Å²) in [6.07, 6.45) is -1.22. The van der Waals surface area contributed by atoms with Crippen molar-refractivity contribution in [2.45, 2.75) is 25.9 Å². The van der Waals surface area contributed by atoms with Crippen LogP contribution in [0.15, 0.2) is 41.7 Å². The third-order valence-electron chi connectivity index (χ3n) is 4.39. The van der Waals surface area contributed by atoms with E-state index in [1.807, 2.05) is 25.1 Å². The van der Waals surface area contributed by atoms with Gasteiger partial charge in [0, 0.05) is 37.5 Å². The first-order chi connectivity index (χ1) is 13.9. The molecule has 0 spiro atoms. The maximum absolute atomic E-state index is 12.6. The number of aliphatic imine (C=N–C) groups is 1. The lowest BCUT2D eigenvalue weighted by Crippen LogP contribution is -2.48. The Morgan fingerprint density at radius 3 is 2.80 bits per heavy atom. The predicted octanol–water partition coefficient (Wildman–Crippen LogP) is 3.48. The number of rotatable bonds is 5. The lowest BCUT2D eigenvalue weighted by molar-refractivity contribution is -0.274. The summed E-state index contributed by atoms with van der Waals surface area (Å²) in [6, 6.07) is 6.03. The molecule has 0 amide bonds. The third kappa shape index (κ3) is 6.76. The van der Waals surface area contributed by atoms with Gasteiger partial charge in [0.15, 0.2) is 5.96 Å². The van der Waals surface area contributed by atoms with Gasteiger partial charge in [0.05, 0.1) is 25.9 Å². The summed E-state index contributed by atoms with van der Waals surface area (Å²) in [4.78, 5) is 6.58. The summed E-state index contributed by atoms with van der Waals surface area (Å²) >= 11 is 0. The van der Waals surface area contributed by atoms with E-state index in [0.29, 0.717) is 37.8 Å². The highest BCUT2D eigenvalue weighted by molar-refractivity contribution is 14.0. The van der Waals surface area contributed by atoms with Gasteiger partial charge in [-0.1, -0.05) is 18.2 Å². The molecular formula is C19H25F3IN5O2. The molecule has 1 atom stereocenters. The Kier molecular flexibility index (Phi) is 8.77. The standard InChI is InChI=1S/C19H24F3N5O2.HI/c1-3-23-18(24-10-14-6-4-5-7-16(14)29-19(20,21)22)27-8-9-28-17(13-27)15-11-25-26(2)12-15;/h4-7,11-12,17H,3,8-10,13H2,1-2H3,(H,23,24);1H. The van der Waals surface area contributed by atoms with Crippen LogP contribution in [0.4, 0.5) is 13.2 Å². The number of hydrogen-bond donors (Lipinski definition) is 1. The van der Waals surface area contributed by atoms with Gasteiger partial charge in [-0.05, 0) is 13.0 Å². The van der Waals surface area contributed by atoms with Gasteiger partial charge in [0.25, 0.3) is 0 Å². The van der Waals surface area contributed by atoms with Gasteiger partial charge in [0.2, 0.25) is 0 Å². The van der Waals surface area contributed by atoms with Crippen LogP contribution in [0.25, 0.3) is 0 Å². The van der Waals surface area contributed by atoms with Gasteiger partial charge in [-0.25, -0.2) is 4.99 Å². The molecule has 1 fully saturated rings. The highest BCUT2D eigenvalue weighted by Crippen LogP contribution is 2.27. The second-order valence-electron chi connectivity index (χ2n) is 6.58. The fourth-order valence-electron chi connectivity index (χ4n) is 3.09. The topological polar surface area (TPSA) is 63.9 Å². The number of hydrogen-bond acceptors (Lipinski definition) is 4. The van der Waals surface area contributed by atoms with E-state index in [9.17, 15) is 13.2 Å². The molecule has 1 aromatic heterocycles. The lowest BCUT2D eigenvalue weighted by atomic mass is 10.1. The number of para-hydroxylation sites is 1. The molecule has 1 saturated heterocycles. The average molecular weight is 539 g/mol. The summed E-state index contributed by atoms with van der Waals surface area (Å²) in [5.41, 5.74) is 1.33. The molecule has 3 rings (SSSR count). The molecule has 1 aromatic carbocycles. The van der Waals surface area contributed by atoms with Crippen molar-refractivity contribution in [3.63, 3.8) is 0 Å². The minimum Gasteiger partial charge on any atom is -0.405 e. The van der Waals surface area contributed by atoms with Gasteiger partial charge < -0.3 is 19.7 Å². The first-order valence-electron chi connectivity index (χ1n) is 9.32. The summed E-state index contributed by atoms with van der Waals surface area (Å²) < 4.78 is 49.6. The average Bonchev–Trinajstić information content (AvgIpc) is 3.11. The highest BCUT2D eigenvalue weighted by Gasteiger charge is 2.32. The lowest BCUT2D eigenvalue weighted by Gasteiger charge is -2.34. The van der Waals surface area contributed by atoms with Crippen LogP contribution in [0.1, 0.15) is 24.2 Å². The van der Waals surface area contributed by atoms with Crippen molar-refractivity contribution in [1.29, 1.82) is 0 Å². The molecule has 0 saturated carbocycles. The van der Waals surface area contributed by atoms with Crippen LogP contribution in [-0.2, 0) is 18.3 Å². The van der Waals surface area contributed by atoms with Crippen molar-refractivity contribution >= 4 is 29.9 Å². The SMILES string of the molecule is CCNC(=NCc1ccccc1OC(F)(F)F)N1CCOC(c2cnn(C)c2)C1.I. The zero-order chi connectivity index (χ0) is 20.9. The number of ether oxygens (including phenoxy) is 2. The van der Waals surface area contributed by atoms with Crippen molar-refractivity contribution in [3.8, 4) is 5.75 Å². The largest absolute Gasteiger partial charge is 0.573 e. The van der Waals surface area contributed by atoms with E-state index >= 15 is 0 Å². The Morgan fingerprint density at radius 1 is 1.37 bits per heavy atom. The van der Waals surface area contributed by atoms with Gasteiger partial charge in [-0.3, -0.25) is 4.68 Å². The van der Waals surface area contributed by atoms with E-state index < -0.39 is 6.36 Å². The summed E-state index contributed by atoms with van der Waals surface area (Å²) in [5, 5.41) is 7.38. The predicted molar refractivity (Wildman–Crippen MR) is 117 cm³/mol. The van der Waals surface area contributed by atoms with Crippen LogP contribution in [0, 0.1) is 0 Å². The molecule has 1 aliphatic rings. The van der Waals surface area contributed by atoms with Crippen LogP contribution in [-0.4, -0.2) is 53.2 Å². The molecule has 7 nitrogen and oxygen atoms in total. The maximum atomic E-state index is 12.6. The number of nitrogens with zero attached hydrogens (tertiary/aromatic N) is 4.